The van der Waals surface area contributed by atoms with Crippen molar-refractivity contribution in [2.24, 2.45) is 5.73 Å². The number of esters is 1. The summed E-state index contributed by atoms with van der Waals surface area (Å²) >= 11 is 5.88. The highest BCUT2D eigenvalue weighted by Crippen LogP contribution is 2.28. The number of primary amides is 1. The van der Waals surface area contributed by atoms with Gasteiger partial charge in [0.2, 0.25) is 0 Å². The van der Waals surface area contributed by atoms with E-state index in [1.54, 1.807) is 36.1 Å². The largest absolute Gasteiger partial charge is 0.452 e. The van der Waals surface area contributed by atoms with Crippen molar-refractivity contribution >= 4 is 35.2 Å². The van der Waals surface area contributed by atoms with Gasteiger partial charge >= 0.3 is 12.0 Å². The molecular formula is C21H22ClN3O4. The lowest BCUT2D eigenvalue weighted by Gasteiger charge is -2.23. The average molecular weight is 416 g/mol. The second-order valence-corrected chi connectivity index (χ2v) is 7.25. The minimum Gasteiger partial charge on any atom is -0.452 e. The predicted molar refractivity (Wildman–Crippen MR) is 110 cm³/mol. The van der Waals surface area contributed by atoms with E-state index in [-0.39, 0.29) is 12.3 Å². The Kier molecular flexibility index (Phi) is 6.39. The van der Waals surface area contributed by atoms with Gasteiger partial charge in [-0.3, -0.25) is 9.59 Å². The van der Waals surface area contributed by atoms with E-state index in [0.717, 1.165) is 17.7 Å². The first-order valence-corrected chi connectivity index (χ1v) is 9.63. The summed E-state index contributed by atoms with van der Waals surface area (Å²) in [6.07, 6.45) is -0.351. The lowest BCUT2D eigenvalue weighted by molar-refractivity contribution is -0.154. The molecule has 0 saturated heterocycles. The van der Waals surface area contributed by atoms with Crippen LogP contribution >= 0.6 is 11.6 Å². The summed E-state index contributed by atoms with van der Waals surface area (Å²) in [6.45, 7) is 2.09. The number of hydrogen-bond donors (Lipinski definition) is 2. The van der Waals surface area contributed by atoms with Crippen molar-refractivity contribution < 1.29 is 19.1 Å². The minimum absolute atomic E-state index is 0.168. The van der Waals surface area contributed by atoms with E-state index in [0.29, 0.717) is 17.1 Å². The van der Waals surface area contributed by atoms with Gasteiger partial charge in [-0.25, -0.2) is 4.79 Å². The topological polar surface area (TPSA) is 102 Å². The summed E-state index contributed by atoms with van der Waals surface area (Å²) in [6, 6.07) is 12.9. The maximum absolute atomic E-state index is 12.8. The first-order valence-electron chi connectivity index (χ1n) is 9.25. The van der Waals surface area contributed by atoms with Crippen LogP contribution in [0.1, 0.15) is 30.5 Å². The Morgan fingerprint density at radius 3 is 2.55 bits per heavy atom. The molecule has 0 bridgehead atoms. The molecule has 2 aromatic carbocycles. The number of urea groups is 1. The predicted octanol–water partition coefficient (Wildman–Crippen LogP) is 2.96. The number of amides is 3. The summed E-state index contributed by atoms with van der Waals surface area (Å²) in [7, 11) is 0. The summed E-state index contributed by atoms with van der Waals surface area (Å²) in [5, 5.41) is 3.04. The Labute approximate surface area is 173 Å². The van der Waals surface area contributed by atoms with Gasteiger partial charge in [0.15, 0.2) is 6.10 Å². The molecule has 0 aromatic heterocycles. The SMILES string of the molecule is C[C@H](OC(=O)C[C@@H](NC(N)=O)c1ccc(Cl)cc1)C(=O)N1CCc2ccccc21. The number of hydrogen-bond acceptors (Lipinski definition) is 4. The molecule has 0 unspecified atom stereocenters. The molecule has 1 aliphatic rings. The minimum atomic E-state index is -0.951. The number of benzene rings is 2. The van der Waals surface area contributed by atoms with Crippen LogP contribution in [0.25, 0.3) is 0 Å². The zero-order valence-corrected chi connectivity index (χ0v) is 16.7. The number of nitrogens with zero attached hydrogens (tertiary/aromatic N) is 1. The smallest absolute Gasteiger partial charge is 0.312 e. The monoisotopic (exact) mass is 415 g/mol. The number of para-hydroxylation sites is 1. The van der Waals surface area contributed by atoms with Crippen molar-refractivity contribution in [1.82, 2.24) is 5.32 Å². The average Bonchev–Trinajstić information content (AvgIpc) is 3.11. The molecule has 29 heavy (non-hydrogen) atoms. The Morgan fingerprint density at radius 1 is 1.17 bits per heavy atom. The molecule has 1 aliphatic heterocycles. The van der Waals surface area contributed by atoms with Gasteiger partial charge in [0, 0.05) is 17.3 Å². The van der Waals surface area contributed by atoms with Crippen molar-refractivity contribution in [3.8, 4) is 0 Å². The molecule has 0 saturated carbocycles. The van der Waals surface area contributed by atoms with E-state index in [2.05, 4.69) is 5.32 Å². The van der Waals surface area contributed by atoms with Gasteiger partial charge in [0.25, 0.3) is 5.91 Å². The Hall–Kier alpha value is -3.06. The lowest BCUT2D eigenvalue weighted by Crippen LogP contribution is -2.40. The first-order chi connectivity index (χ1) is 13.8. The van der Waals surface area contributed by atoms with Crippen LogP contribution in [-0.2, 0) is 20.7 Å². The highest BCUT2D eigenvalue weighted by Gasteiger charge is 2.30. The molecule has 0 radical (unpaired) electrons. The lowest BCUT2D eigenvalue weighted by atomic mass is 10.0. The van der Waals surface area contributed by atoms with Gasteiger partial charge < -0.3 is 20.7 Å². The van der Waals surface area contributed by atoms with Crippen LogP contribution in [0.4, 0.5) is 10.5 Å². The van der Waals surface area contributed by atoms with Gasteiger partial charge in [-0.15, -0.1) is 0 Å². The van der Waals surface area contributed by atoms with Gasteiger partial charge in [0.05, 0.1) is 12.5 Å². The third-order valence-electron chi connectivity index (χ3n) is 4.77. The molecule has 3 rings (SSSR count). The maximum atomic E-state index is 12.8. The zero-order chi connectivity index (χ0) is 21.0. The number of halogens is 1. The fourth-order valence-corrected chi connectivity index (χ4v) is 3.49. The third kappa shape index (κ3) is 5.06. The Morgan fingerprint density at radius 2 is 1.86 bits per heavy atom. The van der Waals surface area contributed by atoms with Gasteiger partial charge in [-0.2, -0.15) is 0 Å². The molecule has 152 valence electrons. The van der Waals surface area contributed by atoms with Crippen LogP contribution in [0.2, 0.25) is 5.02 Å². The number of carbonyl (C=O) groups is 3. The second kappa shape index (κ2) is 8.96. The number of nitrogens with one attached hydrogen (secondary N) is 1. The maximum Gasteiger partial charge on any atom is 0.312 e. The van der Waals surface area contributed by atoms with Gasteiger partial charge in [-0.05, 0) is 42.7 Å². The summed E-state index contributed by atoms with van der Waals surface area (Å²) in [4.78, 5) is 38.2. The van der Waals surface area contributed by atoms with Crippen LogP contribution in [0.15, 0.2) is 48.5 Å². The van der Waals surface area contributed by atoms with E-state index in [1.165, 1.54) is 0 Å². The molecule has 7 nitrogen and oxygen atoms in total. The Balaban J connectivity index is 1.64. The van der Waals surface area contributed by atoms with Gasteiger partial charge in [-0.1, -0.05) is 41.9 Å². The fraction of sp³-hybridized carbons (Fsp3) is 0.286. The van der Waals surface area contributed by atoms with Crippen LogP contribution < -0.4 is 16.0 Å². The fourth-order valence-electron chi connectivity index (χ4n) is 3.37. The summed E-state index contributed by atoms with van der Waals surface area (Å²) < 4.78 is 5.35. The van der Waals surface area contributed by atoms with E-state index in [4.69, 9.17) is 22.1 Å². The van der Waals surface area contributed by atoms with Crippen LogP contribution in [-0.4, -0.2) is 30.6 Å². The van der Waals surface area contributed by atoms with E-state index in [1.807, 2.05) is 24.3 Å². The highest BCUT2D eigenvalue weighted by molar-refractivity contribution is 6.30. The molecule has 3 N–H and O–H groups in total. The van der Waals surface area contributed by atoms with Crippen molar-refractivity contribution in [3.05, 3.63) is 64.7 Å². The zero-order valence-electron chi connectivity index (χ0n) is 15.9. The normalized spacial score (nSPS) is 14.6. The molecule has 2 atom stereocenters. The number of nitrogens with two attached hydrogens (primary N) is 1. The number of ether oxygens (including phenoxy) is 1. The summed E-state index contributed by atoms with van der Waals surface area (Å²) in [5.74, 6) is -0.902. The molecule has 0 aliphatic carbocycles. The van der Waals surface area contributed by atoms with Gasteiger partial charge in [0.1, 0.15) is 0 Å². The van der Waals surface area contributed by atoms with Crippen LogP contribution in [0.5, 0.6) is 0 Å². The van der Waals surface area contributed by atoms with E-state index in [9.17, 15) is 14.4 Å². The molecule has 1 heterocycles. The van der Waals surface area contributed by atoms with Crippen molar-refractivity contribution in [1.29, 1.82) is 0 Å². The van der Waals surface area contributed by atoms with Crippen LogP contribution in [0.3, 0.4) is 0 Å². The number of fused-ring (bicyclic) bond motifs is 1. The number of rotatable bonds is 6. The first kappa shape index (κ1) is 20.7. The molecule has 0 fully saturated rings. The molecule has 8 heteroatoms. The van der Waals surface area contributed by atoms with Crippen molar-refractivity contribution in [2.45, 2.75) is 31.9 Å². The number of anilines is 1. The standard InChI is InChI=1S/C21H22ClN3O4/c1-13(20(27)25-11-10-15-4-2-3-5-18(15)25)29-19(26)12-17(24-21(23)28)14-6-8-16(22)9-7-14/h2-9,13,17H,10-12H2,1H3,(H3,23,24,28)/t13-,17+/m0/s1. The van der Waals surface area contributed by atoms with E-state index < -0.39 is 24.1 Å². The molecule has 0 spiro atoms. The van der Waals surface area contributed by atoms with Crippen LogP contribution in [0, 0.1) is 0 Å². The summed E-state index contributed by atoms with van der Waals surface area (Å²) in [5.41, 5.74) is 7.81. The van der Waals surface area contributed by atoms with Crippen molar-refractivity contribution in [2.75, 3.05) is 11.4 Å². The third-order valence-corrected chi connectivity index (χ3v) is 5.02. The second-order valence-electron chi connectivity index (χ2n) is 6.82. The Bertz CT molecular complexity index is 916. The quantitative estimate of drug-likeness (QED) is 0.708. The van der Waals surface area contributed by atoms with E-state index >= 15 is 0 Å². The molecule has 3 amide bonds. The number of carbonyl (C=O) groups excluding carboxylic acids is 3. The molecular weight excluding hydrogens is 394 g/mol. The highest BCUT2D eigenvalue weighted by atomic mass is 35.5. The van der Waals surface area contributed by atoms with Crippen molar-refractivity contribution in [3.63, 3.8) is 0 Å². The molecule has 2 aromatic rings.